The van der Waals surface area contributed by atoms with E-state index in [1.54, 1.807) is 0 Å². The lowest BCUT2D eigenvalue weighted by molar-refractivity contribution is -0.133. The van der Waals surface area contributed by atoms with Crippen molar-refractivity contribution in [2.24, 2.45) is 17.4 Å². The summed E-state index contributed by atoms with van der Waals surface area (Å²) in [5, 5.41) is 14.8. The van der Waals surface area contributed by atoms with Crippen molar-refractivity contribution < 1.29 is 19.5 Å². The van der Waals surface area contributed by atoms with Gasteiger partial charge < -0.3 is 27.2 Å². The Morgan fingerprint density at radius 2 is 1.71 bits per heavy atom. The van der Waals surface area contributed by atoms with Crippen molar-refractivity contribution in [1.29, 1.82) is 0 Å². The number of carbonyl (C=O) groups excluding carboxylic acids is 3. The third kappa shape index (κ3) is 8.95. The highest BCUT2D eigenvalue weighted by Gasteiger charge is 2.28. The topological polar surface area (TPSA) is 148 Å². The van der Waals surface area contributed by atoms with Crippen LogP contribution in [0.15, 0.2) is 0 Å². The number of aliphatic hydroxyl groups is 1. The summed E-state index contributed by atoms with van der Waals surface area (Å²) in [6, 6.07) is -2.20. The maximum Gasteiger partial charge on any atom is 0.245 e. The van der Waals surface area contributed by atoms with E-state index in [0.29, 0.717) is 18.8 Å². The van der Waals surface area contributed by atoms with Crippen LogP contribution in [0.3, 0.4) is 0 Å². The molecule has 0 radical (unpaired) electrons. The summed E-state index contributed by atoms with van der Waals surface area (Å²) in [6.45, 7) is 6.98. The molecule has 0 aliphatic rings. The largest absolute Gasteiger partial charge is 0.391 e. The molecule has 0 heterocycles. The molecule has 0 aliphatic carbocycles. The highest BCUT2D eigenvalue weighted by atomic mass is 16.3. The van der Waals surface area contributed by atoms with Gasteiger partial charge >= 0.3 is 0 Å². The van der Waals surface area contributed by atoms with Gasteiger partial charge in [-0.15, -0.1) is 0 Å². The number of nitrogens with one attached hydrogen (secondary N) is 2. The van der Waals surface area contributed by atoms with E-state index in [0.717, 1.165) is 0 Å². The molecule has 0 saturated heterocycles. The van der Waals surface area contributed by atoms with Crippen LogP contribution in [-0.2, 0) is 14.4 Å². The van der Waals surface area contributed by atoms with Gasteiger partial charge in [-0.25, -0.2) is 0 Å². The van der Waals surface area contributed by atoms with E-state index in [4.69, 9.17) is 11.5 Å². The standard InChI is InChI=1S/C16H32N4O4/c1-9(2)7-12(18)8-14(23)20-15(11(4)22)16(24)19-13(5-6-17)10(3)21/h9,11-13,15,22H,5-8,17-18H2,1-4H3,(H,19,24)(H,20,23)/t11?,12-,13+,15+/m1/s1. The normalized spacial score (nSPS) is 16.2. The second kappa shape index (κ2) is 11.1. The van der Waals surface area contributed by atoms with E-state index in [-0.39, 0.29) is 24.8 Å². The van der Waals surface area contributed by atoms with E-state index < -0.39 is 30.0 Å². The fourth-order valence-corrected chi connectivity index (χ4v) is 2.37. The van der Waals surface area contributed by atoms with E-state index in [9.17, 15) is 19.5 Å². The molecule has 0 aliphatic heterocycles. The molecule has 0 fully saturated rings. The van der Waals surface area contributed by atoms with Gasteiger partial charge in [-0.05, 0) is 39.2 Å². The number of carbonyl (C=O) groups is 3. The zero-order valence-electron chi connectivity index (χ0n) is 15.0. The fraction of sp³-hybridized carbons (Fsp3) is 0.812. The van der Waals surface area contributed by atoms with Crippen molar-refractivity contribution in [3.05, 3.63) is 0 Å². The van der Waals surface area contributed by atoms with E-state index in [2.05, 4.69) is 10.6 Å². The zero-order chi connectivity index (χ0) is 18.9. The van der Waals surface area contributed by atoms with Crippen molar-refractivity contribution in [2.45, 2.75) is 71.2 Å². The van der Waals surface area contributed by atoms with Crippen molar-refractivity contribution in [2.75, 3.05) is 6.54 Å². The SMILES string of the molecule is CC(=O)[C@H](CCN)NC(=O)[C@@H](NC(=O)C[C@H](N)CC(C)C)C(C)O. The van der Waals surface area contributed by atoms with Gasteiger partial charge in [-0.3, -0.25) is 14.4 Å². The maximum absolute atomic E-state index is 12.3. The minimum Gasteiger partial charge on any atom is -0.391 e. The second-order valence-corrected chi connectivity index (χ2v) is 6.63. The van der Waals surface area contributed by atoms with Crippen LogP contribution in [-0.4, -0.2) is 53.5 Å². The van der Waals surface area contributed by atoms with Gasteiger partial charge in [-0.2, -0.15) is 0 Å². The summed E-state index contributed by atoms with van der Waals surface area (Å²) < 4.78 is 0. The van der Waals surface area contributed by atoms with Crippen LogP contribution < -0.4 is 22.1 Å². The molecule has 4 atom stereocenters. The number of amides is 2. The minimum absolute atomic E-state index is 0.0631. The molecule has 24 heavy (non-hydrogen) atoms. The molecule has 0 bridgehead atoms. The highest BCUT2D eigenvalue weighted by molar-refractivity contribution is 5.92. The Morgan fingerprint density at radius 1 is 1.12 bits per heavy atom. The second-order valence-electron chi connectivity index (χ2n) is 6.63. The number of rotatable bonds is 11. The molecule has 0 aromatic rings. The smallest absolute Gasteiger partial charge is 0.245 e. The summed E-state index contributed by atoms with van der Waals surface area (Å²) in [7, 11) is 0. The van der Waals surface area contributed by atoms with Gasteiger partial charge in [0.2, 0.25) is 11.8 Å². The van der Waals surface area contributed by atoms with E-state index in [1.165, 1.54) is 13.8 Å². The van der Waals surface area contributed by atoms with Crippen molar-refractivity contribution >= 4 is 17.6 Å². The summed E-state index contributed by atoms with van der Waals surface area (Å²) in [5.41, 5.74) is 11.3. The first kappa shape index (κ1) is 22.5. The molecule has 8 heteroatoms. The Bertz CT molecular complexity index is 426. The summed E-state index contributed by atoms with van der Waals surface area (Å²) >= 11 is 0. The Balaban J connectivity index is 4.75. The summed E-state index contributed by atoms with van der Waals surface area (Å²) in [6.07, 6.45) is -0.0724. The van der Waals surface area contributed by atoms with Crippen LogP contribution in [0.5, 0.6) is 0 Å². The zero-order valence-corrected chi connectivity index (χ0v) is 15.0. The number of hydrogen-bond donors (Lipinski definition) is 5. The number of Topliss-reactive ketones (excluding diaryl/α,β-unsaturated/α-hetero) is 1. The molecular weight excluding hydrogens is 312 g/mol. The van der Waals surface area contributed by atoms with Crippen LogP contribution in [0, 0.1) is 5.92 Å². The third-order valence-corrected chi connectivity index (χ3v) is 3.57. The molecule has 8 nitrogen and oxygen atoms in total. The Hall–Kier alpha value is -1.51. The van der Waals surface area contributed by atoms with Crippen molar-refractivity contribution in [3.63, 3.8) is 0 Å². The highest BCUT2D eigenvalue weighted by Crippen LogP contribution is 2.06. The van der Waals surface area contributed by atoms with Crippen molar-refractivity contribution in [3.8, 4) is 0 Å². The van der Waals surface area contributed by atoms with Gasteiger partial charge in [-0.1, -0.05) is 13.8 Å². The lowest BCUT2D eigenvalue weighted by Gasteiger charge is -2.24. The van der Waals surface area contributed by atoms with Crippen LogP contribution in [0.4, 0.5) is 0 Å². The monoisotopic (exact) mass is 344 g/mol. The minimum atomic E-state index is -1.15. The number of hydrogen-bond acceptors (Lipinski definition) is 6. The summed E-state index contributed by atoms with van der Waals surface area (Å²) in [4.78, 5) is 35.8. The molecule has 2 amide bonds. The molecule has 0 spiro atoms. The van der Waals surface area contributed by atoms with Gasteiger partial charge in [0.25, 0.3) is 0 Å². The van der Waals surface area contributed by atoms with Gasteiger partial charge in [0.05, 0.1) is 12.1 Å². The molecule has 0 aromatic carbocycles. The molecule has 0 rings (SSSR count). The predicted molar refractivity (Wildman–Crippen MR) is 91.9 cm³/mol. The van der Waals surface area contributed by atoms with Gasteiger partial charge in [0, 0.05) is 12.5 Å². The quantitative estimate of drug-likeness (QED) is 0.326. The Kier molecular flexibility index (Phi) is 10.4. The van der Waals surface area contributed by atoms with Crippen molar-refractivity contribution in [1.82, 2.24) is 10.6 Å². The Labute approximate surface area is 143 Å². The van der Waals surface area contributed by atoms with Gasteiger partial charge in [0.15, 0.2) is 5.78 Å². The van der Waals surface area contributed by atoms with E-state index >= 15 is 0 Å². The predicted octanol–water partition coefficient (Wildman–Crippen LogP) is -0.962. The van der Waals surface area contributed by atoms with Crippen LogP contribution in [0.25, 0.3) is 0 Å². The fourth-order valence-electron chi connectivity index (χ4n) is 2.37. The first-order valence-electron chi connectivity index (χ1n) is 8.32. The molecule has 0 aromatic heterocycles. The molecular formula is C16H32N4O4. The maximum atomic E-state index is 12.3. The van der Waals surface area contributed by atoms with Gasteiger partial charge in [0.1, 0.15) is 6.04 Å². The molecule has 7 N–H and O–H groups in total. The number of nitrogens with two attached hydrogens (primary N) is 2. The van der Waals surface area contributed by atoms with Crippen LogP contribution in [0.1, 0.15) is 47.0 Å². The lowest BCUT2D eigenvalue weighted by atomic mass is 10.0. The first-order chi connectivity index (χ1) is 11.1. The third-order valence-electron chi connectivity index (χ3n) is 3.57. The molecule has 140 valence electrons. The molecule has 1 unspecified atom stereocenters. The lowest BCUT2D eigenvalue weighted by Crippen LogP contribution is -2.56. The summed E-state index contributed by atoms with van der Waals surface area (Å²) in [5.74, 6) is -0.911. The van der Waals surface area contributed by atoms with Crippen LogP contribution >= 0.6 is 0 Å². The number of ketones is 1. The first-order valence-corrected chi connectivity index (χ1v) is 8.32. The number of aliphatic hydroxyl groups excluding tert-OH is 1. The molecule has 0 saturated carbocycles. The van der Waals surface area contributed by atoms with E-state index in [1.807, 2.05) is 13.8 Å². The Morgan fingerprint density at radius 3 is 2.12 bits per heavy atom. The van der Waals surface area contributed by atoms with Crippen LogP contribution in [0.2, 0.25) is 0 Å². The average Bonchev–Trinajstić information content (AvgIpc) is 2.42. The average molecular weight is 344 g/mol.